The van der Waals surface area contributed by atoms with E-state index in [1.54, 1.807) is 6.20 Å². The van der Waals surface area contributed by atoms with E-state index in [4.69, 9.17) is 11.6 Å². The Hall–Kier alpha value is -2.08. The fraction of sp³-hybridized carbons (Fsp3) is 0.500. The third kappa shape index (κ3) is 3.63. The Kier molecular flexibility index (Phi) is 4.88. The Balaban J connectivity index is 1.38. The molecule has 0 atom stereocenters. The van der Waals surface area contributed by atoms with Crippen LogP contribution in [0.15, 0.2) is 30.5 Å². The van der Waals surface area contributed by atoms with Gasteiger partial charge < -0.3 is 14.7 Å². The van der Waals surface area contributed by atoms with Crippen LogP contribution in [0.3, 0.4) is 0 Å². The maximum absolute atomic E-state index is 6.26. The standard InChI is InChI=1S/C18H23ClN6/c19-15-5-4-8-20-18(15)25-13-11-24(12-14-25)17-7-6-16(21-22-17)23-9-2-1-3-10-23/h4-8H,1-3,9-14H2. The van der Waals surface area contributed by atoms with Crippen LogP contribution in [0.4, 0.5) is 17.5 Å². The molecule has 6 nitrogen and oxygen atoms in total. The second-order valence-corrected chi connectivity index (χ2v) is 6.99. The number of halogens is 1. The van der Waals surface area contributed by atoms with Crippen molar-refractivity contribution in [3.05, 3.63) is 35.5 Å². The minimum atomic E-state index is 0.710. The van der Waals surface area contributed by atoms with Crippen molar-refractivity contribution < 1.29 is 0 Å². The lowest BCUT2D eigenvalue weighted by Crippen LogP contribution is -2.47. The lowest BCUT2D eigenvalue weighted by molar-refractivity contribution is 0.570. The highest BCUT2D eigenvalue weighted by Crippen LogP contribution is 2.25. The quantitative estimate of drug-likeness (QED) is 0.840. The van der Waals surface area contributed by atoms with Crippen LogP contribution in [0.25, 0.3) is 0 Å². The topological polar surface area (TPSA) is 48.4 Å². The molecule has 25 heavy (non-hydrogen) atoms. The second-order valence-electron chi connectivity index (χ2n) is 6.58. The third-order valence-electron chi connectivity index (χ3n) is 4.96. The fourth-order valence-corrected chi connectivity index (χ4v) is 3.78. The SMILES string of the molecule is Clc1cccnc1N1CCN(c2ccc(N3CCCCC3)nn2)CC1. The molecule has 2 aromatic rings. The van der Waals surface area contributed by atoms with Crippen molar-refractivity contribution in [3.63, 3.8) is 0 Å². The van der Waals surface area contributed by atoms with Gasteiger partial charge in [0.05, 0.1) is 5.02 Å². The zero-order valence-electron chi connectivity index (χ0n) is 14.3. The summed E-state index contributed by atoms with van der Waals surface area (Å²) in [5.74, 6) is 2.82. The van der Waals surface area contributed by atoms with Gasteiger partial charge in [-0.3, -0.25) is 0 Å². The summed E-state index contributed by atoms with van der Waals surface area (Å²) in [6.45, 7) is 5.74. The first-order valence-corrected chi connectivity index (χ1v) is 9.38. The highest BCUT2D eigenvalue weighted by molar-refractivity contribution is 6.32. The van der Waals surface area contributed by atoms with E-state index in [9.17, 15) is 0 Å². The molecule has 0 saturated carbocycles. The lowest BCUT2D eigenvalue weighted by atomic mass is 10.1. The van der Waals surface area contributed by atoms with Gasteiger partial charge in [0.15, 0.2) is 11.6 Å². The summed E-state index contributed by atoms with van der Waals surface area (Å²) in [5.41, 5.74) is 0. The van der Waals surface area contributed by atoms with Crippen LogP contribution in [-0.2, 0) is 0 Å². The largest absolute Gasteiger partial charge is 0.355 e. The molecule has 0 aliphatic carbocycles. The normalized spacial score (nSPS) is 18.5. The molecule has 2 aliphatic rings. The Labute approximate surface area is 153 Å². The van der Waals surface area contributed by atoms with Crippen LogP contribution in [-0.4, -0.2) is 54.4 Å². The molecule has 4 rings (SSSR count). The lowest BCUT2D eigenvalue weighted by Gasteiger charge is -2.36. The van der Waals surface area contributed by atoms with Gasteiger partial charge in [-0.15, -0.1) is 10.2 Å². The molecule has 2 aliphatic heterocycles. The monoisotopic (exact) mass is 358 g/mol. The molecule has 7 heteroatoms. The van der Waals surface area contributed by atoms with Gasteiger partial charge in [0.1, 0.15) is 5.82 Å². The number of piperidine rings is 1. The number of piperazine rings is 1. The van der Waals surface area contributed by atoms with Gasteiger partial charge in [0.25, 0.3) is 0 Å². The van der Waals surface area contributed by atoms with Crippen LogP contribution in [0.2, 0.25) is 5.02 Å². The number of pyridine rings is 1. The Morgan fingerprint density at radius 2 is 1.32 bits per heavy atom. The summed E-state index contributed by atoms with van der Waals surface area (Å²) in [6.07, 6.45) is 5.62. The predicted octanol–water partition coefficient (Wildman–Crippen LogP) is 2.84. The minimum Gasteiger partial charge on any atom is -0.355 e. The summed E-state index contributed by atoms with van der Waals surface area (Å²) in [4.78, 5) is 11.2. The molecular formula is C18H23ClN6. The van der Waals surface area contributed by atoms with Gasteiger partial charge in [-0.2, -0.15) is 0 Å². The zero-order valence-corrected chi connectivity index (χ0v) is 15.1. The highest BCUT2D eigenvalue weighted by atomic mass is 35.5. The van der Waals surface area contributed by atoms with E-state index in [-0.39, 0.29) is 0 Å². The predicted molar refractivity (Wildman–Crippen MR) is 102 cm³/mol. The van der Waals surface area contributed by atoms with Gasteiger partial charge in [0, 0.05) is 45.5 Å². The molecule has 0 N–H and O–H groups in total. The van der Waals surface area contributed by atoms with E-state index in [1.807, 2.05) is 12.1 Å². The number of hydrogen-bond donors (Lipinski definition) is 0. The third-order valence-corrected chi connectivity index (χ3v) is 5.25. The van der Waals surface area contributed by atoms with E-state index in [1.165, 1.54) is 19.3 Å². The molecule has 0 aromatic carbocycles. The van der Waals surface area contributed by atoms with Crippen molar-refractivity contribution in [1.82, 2.24) is 15.2 Å². The summed E-state index contributed by atoms with van der Waals surface area (Å²) in [5, 5.41) is 9.63. The van der Waals surface area contributed by atoms with Crippen LogP contribution < -0.4 is 14.7 Å². The Bertz CT molecular complexity index is 693. The van der Waals surface area contributed by atoms with Gasteiger partial charge in [-0.25, -0.2) is 4.98 Å². The number of anilines is 3. The van der Waals surface area contributed by atoms with Crippen molar-refractivity contribution in [3.8, 4) is 0 Å². The highest BCUT2D eigenvalue weighted by Gasteiger charge is 2.21. The Morgan fingerprint density at radius 1 is 0.720 bits per heavy atom. The molecule has 0 unspecified atom stereocenters. The first kappa shape index (κ1) is 16.4. The van der Waals surface area contributed by atoms with Crippen molar-refractivity contribution in [2.45, 2.75) is 19.3 Å². The molecule has 2 fully saturated rings. The van der Waals surface area contributed by atoms with Crippen LogP contribution in [0, 0.1) is 0 Å². The van der Waals surface area contributed by atoms with Gasteiger partial charge in [0.2, 0.25) is 0 Å². The van der Waals surface area contributed by atoms with Crippen LogP contribution in [0.1, 0.15) is 19.3 Å². The van der Waals surface area contributed by atoms with Crippen molar-refractivity contribution in [1.29, 1.82) is 0 Å². The summed E-state index contributed by atoms with van der Waals surface area (Å²) in [7, 11) is 0. The van der Waals surface area contributed by atoms with Crippen molar-refractivity contribution >= 4 is 29.1 Å². The van der Waals surface area contributed by atoms with Gasteiger partial charge in [-0.05, 0) is 43.5 Å². The summed E-state index contributed by atoms with van der Waals surface area (Å²) >= 11 is 6.26. The van der Waals surface area contributed by atoms with E-state index in [0.717, 1.165) is 56.7 Å². The molecule has 0 bridgehead atoms. The molecular weight excluding hydrogens is 336 g/mol. The summed E-state index contributed by atoms with van der Waals surface area (Å²) < 4.78 is 0. The Morgan fingerprint density at radius 3 is 1.92 bits per heavy atom. The molecule has 0 radical (unpaired) electrons. The zero-order chi connectivity index (χ0) is 17.1. The molecule has 132 valence electrons. The smallest absolute Gasteiger partial charge is 0.151 e. The van der Waals surface area contributed by atoms with E-state index in [0.29, 0.717) is 5.02 Å². The fourth-order valence-electron chi connectivity index (χ4n) is 3.54. The number of hydrogen-bond acceptors (Lipinski definition) is 6. The molecule has 0 spiro atoms. The first-order valence-electron chi connectivity index (χ1n) is 9.00. The average Bonchev–Trinajstić information content (AvgIpc) is 2.69. The maximum atomic E-state index is 6.26. The summed E-state index contributed by atoms with van der Waals surface area (Å²) in [6, 6.07) is 7.96. The minimum absolute atomic E-state index is 0.710. The molecule has 0 amide bonds. The maximum Gasteiger partial charge on any atom is 0.151 e. The van der Waals surface area contributed by atoms with Crippen LogP contribution in [0.5, 0.6) is 0 Å². The van der Waals surface area contributed by atoms with Gasteiger partial charge >= 0.3 is 0 Å². The molecule has 2 saturated heterocycles. The average molecular weight is 359 g/mol. The molecule has 4 heterocycles. The number of aromatic nitrogens is 3. The van der Waals surface area contributed by atoms with E-state index >= 15 is 0 Å². The second kappa shape index (κ2) is 7.44. The first-order chi connectivity index (χ1) is 12.3. The molecule has 2 aromatic heterocycles. The van der Waals surface area contributed by atoms with Gasteiger partial charge in [-0.1, -0.05) is 11.6 Å². The van der Waals surface area contributed by atoms with Crippen molar-refractivity contribution in [2.75, 3.05) is 54.0 Å². The van der Waals surface area contributed by atoms with Crippen molar-refractivity contribution in [2.24, 2.45) is 0 Å². The van der Waals surface area contributed by atoms with Crippen LogP contribution >= 0.6 is 11.6 Å². The van der Waals surface area contributed by atoms with E-state index < -0.39 is 0 Å². The number of rotatable bonds is 3. The van der Waals surface area contributed by atoms with E-state index in [2.05, 4.69) is 42.0 Å². The number of nitrogens with zero attached hydrogens (tertiary/aromatic N) is 6.